The SMILES string of the molecule is O=C1C(I)=CC2C(=C1I)Oc1c(cc(I)c([O-])c1I)C2c1ccccc1C(=O)[O-].O=C1C(I)=CC2C(=C1I)Oc1c(cc(I)c([O-])c1I)C2c1ccccc1C(=O)[O-].O=C1C(I)=CC2C(=C1I)Oc1c(cc(I)c([O-])c1I)C2c1ccccc1C(=O)[O-].[Al+3].[Al+3]. The summed E-state index contributed by atoms with van der Waals surface area (Å²) in [7, 11) is 0. The van der Waals surface area contributed by atoms with E-state index in [4.69, 9.17) is 14.2 Å². The number of carbonyl (C=O) groups excluding carboxylic acids is 6. The summed E-state index contributed by atoms with van der Waals surface area (Å²) in [6.07, 6.45) is 5.43. The van der Waals surface area contributed by atoms with Crippen LogP contribution in [-0.4, -0.2) is 70.0 Å². The molecule has 89 heavy (non-hydrogen) atoms. The van der Waals surface area contributed by atoms with Crippen LogP contribution in [0.2, 0.25) is 0 Å². The Bertz CT molecular complexity index is 3900. The average Bonchev–Trinajstić information content (AvgIpc) is 0.818. The van der Waals surface area contributed by atoms with Crippen molar-refractivity contribution in [3.63, 3.8) is 0 Å². The molecule has 3 aliphatic heterocycles. The summed E-state index contributed by atoms with van der Waals surface area (Å²) < 4.78 is 24.1. The van der Waals surface area contributed by atoms with Crippen LogP contribution in [0.1, 0.15) is 82.2 Å². The van der Waals surface area contributed by atoms with E-state index in [1.54, 1.807) is 72.8 Å². The number of aromatic carboxylic acids is 3. The number of carboxylic acid groups (broad SMARTS) is 3. The van der Waals surface area contributed by atoms with Gasteiger partial charge in [-0.3, -0.25) is 14.4 Å². The number of ketones is 3. The minimum Gasteiger partial charge on any atom is -0.871 e. The number of carboxylic acids is 3. The Morgan fingerprint density at radius 3 is 0.809 bits per heavy atom. The van der Waals surface area contributed by atoms with E-state index in [9.17, 15) is 59.4 Å². The molecule has 0 saturated heterocycles. The van der Waals surface area contributed by atoms with Crippen LogP contribution >= 0.6 is 271 Å². The van der Waals surface area contributed by atoms with Crippen molar-refractivity contribution in [3.05, 3.63) is 219 Å². The molecule has 0 aromatic heterocycles. The first kappa shape index (κ1) is 74.6. The van der Waals surface area contributed by atoms with E-state index < -0.39 is 35.7 Å². The summed E-state index contributed by atoms with van der Waals surface area (Å²) in [5.74, 6) is -4.66. The molecule has 0 bridgehead atoms. The second kappa shape index (κ2) is 30.7. The van der Waals surface area contributed by atoms with Crippen LogP contribution in [0.4, 0.5) is 0 Å². The number of rotatable bonds is 6. The fourth-order valence-electron chi connectivity index (χ4n) is 10.8. The fraction of sp³-hybridized carbons (Fsp3) is 0.100. The van der Waals surface area contributed by atoms with Crippen LogP contribution in [-0.2, 0) is 14.4 Å². The summed E-state index contributed by atoms with van der Waals surface area (Å²) in [5, 5.41) is 73.0. The molecule has 6 atom stereocenters. The number of hydrogen-bond acceptors (Lipinski definition) is 15. The average molecular weight is 2560 g/mol. The molecule has 6 aliphatic rings. The van der Waals surface area contributed by atoms with Crippen molar-refractivity contribution in [1.29, 1.82) is 0 Å². The molecule has 3 aliphatic carbocycles. The molecule has 15 nitrogen and oxygen atoms in total. The van der Waals surface area contributed by atoms with E-state index in [2.05, 4.69) is 0 Å². The number of hydrogen-bond donors (Lipinski definition) is 0. The van der Waals surface area contributed by atoms with E-state index in [-0.39, 0.29) is 104 Å². The third-order valence-electron chi connectivity index (χ3n) is 14.5. The van der Waals surface area contributed by atoms with E-state index in [1.807, 2.05) is 289 Å². The summed E-state index contributed by atoms with van der Waals surface area (Å²) >= 11 is 23.6. The van der Waals surface area contributed by atoms with Gasteiger partial charge in [-0.25, -0.2) is 0 Å². The van der Waals surface area contributed by atoms with Crippen molar-refractivity contribution >= 4 is 341 Å². The molecular formula is C60H24Al2I12O15. The predicted molar refractivity (Wildman–Crippen MR) is 420 cm³/mol. The number of fused-ring (bicyclic) bond motifs is 6. The standard InChI is InChI=1S/3C20H10I4O5.2Al/c3*21-11-5-9-13(7-3-1-2-4-8(7)20(27)28)10-6-12(22)17(26)15(24)19(10)29-18(9)14(23)16(11)25;;/h3*1-6,9,13,26H,(H,27,28);;/q;;;2*+3/p-6. The van der Waals surface area contributed by atoms with Crippen molar-refractivity contribution < 1.29 is 73.6 Å². The number of halogens is 12. The minimum atomic E-state index is -1.27. The van der Waals surface area contributed by atoms with Gasteiger partial charge in [0.1, 0.15) is 45.3 Å². The van der Waals surface area contributed by atoms with Gasteiger partial charge in [0.2, 0.25) is 17.3 Å². The second-order valence-corrected chi connectivity index (χ2v) is 32.7. The Labute approximate surface area is 691 Å². The van der Waals surface area contributed by atoms with Crippen molar-refractivity contribution in [2.75, 3.05) is 0 Å². The normalized spacial score (nSPS) is 20.1. The maximum Gasteiger partial charge on any atom is 3.00 e. The molecule has 12 rings (SSSR count). The molecule has 6 aromatic carbocycles. The monoisotopic (exact) mass is 2560 g/mol. The first-order valence-electron chi connectivity index (χ1n) is 24.6. The summed E-state index contributed by atoms with van der Waals surface area (Å²) in [4.78, 5) is 73.1. The Morgan fingerprint density at radius 2 is 0.584 bits per heavy atom. The summed E-state index contributed by atoms with van der Waals surface area (Å²) in [6, 6.07) is 25.3. The van der Waals surface area contributed by atoms with Crippen LogP contribution in [0.5, 0.6) is 34.5 Å². The number of ether oxygens (including phenoxy) is 3. The van der Waals surface area contributed by atoms with Gasteiger partial charge in [0.05, 0.1) is 28.6 Å². The zero-order valence-electron chi connectivity index (χ0n) is 43.7. The molecule has 6 unspecified atom stereocenters. The van der Waals surface area contributed by atoms with Gasteiger partial charge in [-0.1, -0.05) is 108 Å². The maximum atomic E-state index is 12.5. The molecule has 0 amide bonds. The number of allylic oxidation sites excluding steroid dienone is 9. The van der Waals surface area contributed by atoms with Gasteiger partial charge in [-0.05, 0) is 306 Å². The molecule has 0 fully saturated rings. The molecule has 0 N–H and O–H groups in total. The zero-order valence-corrected chi connectivity index (χ0v) is 71.9. The van der Waals surface area contributed by atoms with E-state index in [1.165, 1.54) is 18.2 Å². The van der Waals surface area contributed by atoms with Gasteiger partial charge >= 0.3 is 34.7 Å². The van der Waals surface area contributed by atoms with E-state index in [0.717, 1.165) is 16.7 Å². The summed E-state index contributed by atoms with van der Waals surface area (Å²) in [5.41, 5.74) is 4.08. The molecule has 29 heteroatoms. The van der Waals surface area contributed by atoms with Gasteiger partial charge < -0.3 is 59.2 Å². The second-order valence-electron chi connectivity index (χ2n) is 19.3. The molecular weight excluding hydrogens is 2540 g/mol. The Hall–Kier alpha value is -0.195. The largest absolute Gasteiger partial charge is 3.00 e. The Kier molecular flexibility index (Phi) is 25.7. The maximum absolute atomic E-state index is 12.5. The van der Waals surface area contributed by atoms with Crippen molar-refractivity contribution in [1.82, 2.24) is 0 Å². The Balaban J connectivity index is 0.000000171. The quantitative estimate of drug-likeness (QED) is 0.111. The van der Waals surface area contributed by atoms with Gasteiger partial charge in [-0.2, -0.15) is 0 Å². The first-order chi connectivity index (χ1) is 41.2. The molecule has 0 saturated carbocycles. The molecule has 3 heterocycles. The molecule has 0 radical (unpaired) electrons. The Morgan fingerprint density at radius 1 is 0.360 bits per heavy atom. The van der Waals surface area contributed by atoms with Crippen LogP contribution in [0.15, 0.2) is 148 Å². The fourth-order valence-corrected chi connectivity index (χ4v) is 22.1. The topological polar surface area (TPSA) is 268 Å². The van der Waals surface area contributed by atoms with Crippen LogP contribution in [0.3, 0.4) is 0 Å². The van der Waals surface area contributed by atoms with Crippen molar-refractivity contribution in [3.8, 4) is 34.5 Å². The summed E-state index contributed by atoms with van der Waals surface area (Å²) in [6.45, 7) is 0. The third-order valence-corrected chi connectivity index (χ3v) is 25.5. The minimum absolute atomic E-state index is 0. The van der Waals surface area contributed by atoms with Gasteiger partial charge in [0, 0.05) is 90.3 Å². The number of benzene rings is 6. The van der Waals surface area contributed by atoms with Gasteiger partial charge in [0.15, 0.2) is 0 Å². The van der Waals surface area contributed by atoms with Crippen molar-refractivity contribution in [2.45, 2.75) is 17.8 Å². The van der Waals surface area contributed by atoms with Gasteiger partial charge in [-0.15, -0.1) is 0 Å². The van der Waals surface area contributed by atoms with Crippen LogP contribution < -0.4 is 44.8 Å². The van der Waals surface area contributed by atoms with E-state index in [0.29, 0.717) is 94.1 Å². The van der Waals surface area contributed by atoms with Crippen LogP contribution in [0, 0.1) is 39.2 Å². The number of carbonyl (C=O) groups is 6. The van der Waals surface area contributed by atoms with Gasteiger partial charge in [0.25, 0.3) is 0 Å². The zero-order chi connectivity index (χ0) is 63.1. The number of Topliss-reactive ketones (excluding diaryl/α,β-unsaturated/α-hetero) is 3. The predicted octanol–water partition coefficient (Wildman–Crippen LogP) is 11.3. The molecule has 0 spiro atoms. The van der Waals surface area contributed by atoms with Crippen molar-refractivity contribution in [2.24, 2.45) is 17.8 Å². The van der Waals surface area contributed by atoms with Crippen LogP contribution in [0.25, 0.3) is 0 Å². The molecule has 6 aromatic rings. The smallest absolute Gasteiger partial charge is 0.871 e. The first-order valence-corrected chi connectivity index (χ1v) is 37.6. The molecule has 444 valence electrons. The third kappa shape index (κ3) is 14.3. The van der Waals surface area contributed by atoms with E-state index >= 15 is 0 Å².